The van der Waals surface area contributed by atoms with Crippen molar-refractivity contribution in [3.8, 4) is 22.9 Å². The number of guanidine groups is 1. The lowest BCUT2D eigenvalue weighted by atomic mass is 10.0. The van der Waals surface area contributed by atoms with Gasteiger partial charge in [0.25, 0.3) is 11.8 Å². The van der Waals surface area contributed by atoms with Crippen LogP contribution in [0.4, 0.5) is 11.4 Å². The van der Waals surface area contributed by atoms with Gasteiger partial charge in [0, 0.05) is 23.4 Å². The predicted molar refractivity (Wildman–Crippen MR) is 123 cm³/mol. The molecule has 7 heteroatoms. The molecule has 3 aromatic carbocycles. The zero-order valence-corrected chi connectivity index (χ0v) is 16.3. The summed E-state index contributed by atoms with van der Waals surface area (Å²) in [7, 11) is 0. The van der Waals surface area contributed by atoms with Crippen LogP contribution < -0.4 is 9.91 Å². The lowest BCUT2D eigenvalue weighted by Gasteiger charge is -2.26. The summed E-state index contributed by atoms with van der Waals surface area (Å²) in [5.74, 6) is 0.919. The molecule has 0 aromatic heterocycles. The lowest BCUT2D eigenvalue weighted by Crippen LogP contribution is -2.44. The van der Waals surface area contributed by atoms with Gasteiger partial charge in [-0.3, -0.25) is 4.99 Å². The highest BCUT2D eigenvalue weighted by molar-refractivity contribution is 6.38. The quantitative estimate of drug-likeness (QED) is 0.624. The van der Waals surface area contributed by atoms with Crippen LogP contribution in [-0.2, 0) is 0 Å². The first kappa shape index (κ1) is 18.5. The number of benzene rings is 3. The summed E-state index contributed by atoms with van der Waals surface area (Å²) >= 11 is 0. The van der Waals surface area contributed by atoms with E-state index in [0.717, 1.165) is 16.8 Å². The van der Waals surface area contributed by atoms with E-state index in [1.807, 2.05) is 48.7 Å². The molecule has 2 N–H and O–H groups in total. The van der Waals surface area contributed by atoms with E-state index < -0.39 is 0 Å². The molecule has 1 unspecified atom stereocenters. The topological polar surface area (TPSA) is 93.1 Å². The Labute approximate surface area is 178 Å². The summed E-state index contributed by atoms with van der Waals surface area (Å²) in [6, 6.07) is 24.9. The van der Waals surface area contributed by atoms with Gasteiger partial charge in [-0.05, 0) is 28.9 Å². The molecule has 0 spiro atoms. The van der Waals surface area contributed by atoms with E-state index in [4.69, 9.17) is 10.4 Å². The summed E-state index contributed by atoms with van der Waals surface area (Å²) in [6.45, 7) is 0. The number of nitriles is 1. The van der Waals surface area contributed by atoms with Crippen molar-refractivity contribution in [3.63, 3.8) is 0 Å². The minimum absolute atomic E-state index is 0.0408. The number of aliphatic imine (C=N–C) groups is 2. The van der Waals surface area contributed by atoms with Crippen molar-refractivity contribution in [2.75, 3.05) is 5.32 Å². The molecule has 0 bridgehead atoms. The molecule has 31 heavy (non-hydrogen) atoms. The highest BCUT2D eigenvalue weighted by Crippen LogP contribution is 2.39. The number of anilines is 1. The van der Waals surface area contributed by atoms with Crippen molar-refractivity contribution < 1.29 is 5.11 Å². The number of amidine groups is 1. The maximum atomic E-state index is 9.99. The molecular formula is C24H17N6O+. The van der Waals surface area contributed by atoms with Crippen LogP contribution in [0.1, 0.15) is 5.56 Å². The molecule has 2 heterocycles. The Morgan fingerprint density at radius 1 is 0.968 bits per heavy atom. The van der Waals surface area contributed by atoms with Crippen LogP contribution in [0.3, 0.4) is 0 Å². The second kappa shape index (κ2) is 7.37. The van der Waals surface area contributed by atoms with Crippen LogP contribution in [0, 0.1) is 11.3 Å². The first-order chi connectivity index (χ1) is 15.2. The minimum Gasteiger partial charge on any atom is -0.506 e. The van der Waals surface area contributed by atoms with Crippen molar-refractivity contribution in [1.82, 2.24) is 4.59 Å². The molecule has 7 nitrogen and oxygen atoms in total. The summed E-state index contributed by atoms with van der Waals surface area (Å²) < 4.78 is 0.0408. The normalized spacial score (nSPS) is 18.7. The Kier molecular flexibility index (Phi) is 4.40. The van der Waals surface area contributed by atoms with E-state index in [0.29, 0.717) is 17.5 Å². The highest BCUT2D eigenvalue weighted by Gasteiger charge is 2.44. The average molecular weight is 405 g/mol. The van der Waals surface area contributed by atoms with Gasteiger partial charge in [0.2, 0.25) is 0 Å². The Bertz CT molecular complexity index is 1330. The van der Waals surface area contributed by atoms with Crippen molar-refractivity contribution in [3.05, 3.63) is 90.8 Å². The molecular weight excluding hydrogens is 388 g/mol. The third-order valence-electron chi connectivity index (χ3n) is 5.11. The zero-order valence-electron chi connectivity index (χ0n) is 16.3. The largest absolute Gasteiger partial charge is 0.506 e. The third kappa shape index (κ3) is 3.17. The maximum absolute atomic E-state index is 9.99. The molecule has 3 aromatic rings. The molecule has 5 rings (SSSR count). The average Bonchev–Trinajstić information content (AvgIpc) is 3.19. The van der Waals surface area contributed by atoms with E-state index in [-0.39, 0.29) is 15.9 Å². The Hall–Kier alpha value is -4.54. The fraction of sp³-hybridized carbons (Fsp3) is 0. The number of aromatic hydroxyl groups is 1. The highest BCUT2D eigenvalue weighted by atomic mass is 16.3. The number of hydrogen-bond acceptors (Lipinski definition) is 6. The Morgan fingerprint density at radius 3 is 2.58 bits per heavy atom. The summed E-state index contributed by atoms with van der Waals surface area (Å²) in [4.78, 5) is 8.88. The van der Waals surface area contributed by atoms with E-state index in [1.165, 1.54) is 6.07 Å². The molecule has 1 atom stereocenters. The van der Waals surface area contributed by atoms with Gasteiger partial charge in [0.1, 0.15) is 18.0 Å². The number of rotatable bonds is 3. The van der Waals surface area contributed by atoms with Gasteiger partial charge in [-0.25, -0.2) is 0 Å². The molecule has 0 fully saturated rings. The summed E-state index contributed by atoms with van der Waals surface area (Å²) in [6.07, 6.45) is 5.28. The first-order valence-corrected chi connectivity index (χ1v) is 9.64. The van der Waals surface area contributed by atoms with Gasteiger partial charge < -0.3 is 10.4 Å². The van der Waals surface area contributed by atoms with Crippen molar-refractivity contribution in [1.29, 1.82) is 5.26 Å². The fourth-order valence-corrected chi connectivity index (χ4v) is 3.66. The van der Waals surface area contributed by atoms with Crippen LogP contribution in [0.5, 0.6) is 5.75 Å². The number of nitrogens with one attached hydrogen (secondary N) is 1. The molecule has 148 valence electrons. The number of quaternary nitrogens is 1. The summed E-state index contributed by atoms with van der Waals surface area (Å²) in [5, 5.41) is 27.0. The number of phenols is 1. The predicted octanol–water partition coefficient (Wildman–Crippen LogP) is 4.59. The van der Waals surface area contributed by atoms with Crippen LogP contribution in [0.15, 0.2) is 100 Å². The van der Waals surface area contributed by atoms with Crippen LogP contribution in [0.25, 0.3) is 11.1 Å². The second-order valence-corrected chi connectivity index (χ2v) is 7.01. The van der Waals surface area contributed by atoms with E-state index in [2.05, 4.69) is 33.5 Å². The van der Waals surface area contributed by atoms with Gasteiger partial charge >= 0.3 is 0 Å². The number of fused-ring (bicyclic) bond motifs is 1. The lowest BCUT2D eigenvalue weighted by molar-refractivity contribution is 0.474. The molecule has 0 radical (unpaired) electrons. The van der Waals surface area contributed by atoms with Crippen LogP contribution in [-0.4, -0.2) is 23.1 Å². The van der Waals surface area contributed by atoms with Gasteiger partial charge in [0.05, 0.1) is 11.8 Å². The number of hydrogen-bond donors (Lipinski definition) is 2. The second-order valence-electron chi connectivity index (χ2n) is 7.01. The zero-order chi connectivity index (χ0) is 21.3. The van der Waals surface area contributed by atoms with Gasteiger partial charge in [0.15, 0.2) is 11.9 Å². The van der Waals surface area contributed by atoms with E-state index in [1.54, 1.807) is 24.5 Å². The van der Waals surface area contributed by atoms with E-state index >= 15 is 0 Å². The SMILES string of the molecule is N#Cc1ccc(NC2=N[N+]3(c4ccccc4-c4ccccc4)C=CN=CC3=N2)cc1O. The minimum atomic E-state index is -0.101. The van der Waals surface area contributed by atoms with Crippen molar-refractivity contribution >= 4 is 29.4 Å². The number of nitrogens with zero attached hydrogens (tertiary/aromatic N) is 5. The molecule has 2 aliphatic rings. The third-order valence-corrected chi connectivity index (χ3v) is 5.11. The van der Waals surface area contributed by atoms with Gasteiger partial charge in [-0.15, -0.1) is 0 Å². The molecule has 0 aliphatic carbocycles. The van der Waals surface area contributed by atoms with E-state index in [9.17, 15) is 5.11 Å². The Balaban J connectivity index is 1.59. The van der Waals surface area contributed by atoms with Crippen molar-refractivity contribution in [2.24, 2.45) is 15.1 Å². The first-order valence-electron chi connectivity index (χ1n) is 9.64. The number of para-hydroxylation sites is 1. The fourth-order valence-electron chi connectivity index (χ4n) is 3.66. The molecule has 0 saturated heterocycles. The van der Waals surface area contributed by atoms with Crippen molar-refractivity contribution in [2.45, 2.75) is 0 Å². The number of phenolic OH excluding ortho intramolecular Hbond substituents is 1. The van der Waals surface area contributed by atoms with Crippen LogP contribution in [0.2, 0.25) is 0 Å². The molecule has 2 aliphatic heterocycles. The molecule has 0 saturated carbocycles. The smallest absolute Gasteiger partial charge is 0.287 e. The van der Waals surface area contributed by atoms with Gasteiger partial charge in [-0.1, -0.05) is 47.1 Å². The van der Waals surface area contributed by atoms with Crippen LogP contribution >= 0.6 is 0 Å². The standard InChI is InChI=1S/C24H16N6O/c25-15-18-10-11-19(14-22(18)31)27-24-28-23-16-26-12-13-30(23,29-24)21-9-5-4-8-20(21)17-6-2-1-3-7-17/h1-14,16H,(H-,27,29,31)/p+1. The Morgan fingerprint density at radius 2 is 1.77 bits per heavy atom. The maximum Gasteiger partial charge on any atom is 0.287 e. The van der Waals surface area contributed by atoms with Gasteiger partial charge in [-0.2, -0.15) is 10.3 Å². The monoisotopic (exact) mass is 405 g/mol. The summed E-state index contributed by atoms with van der Waals surface area (Å²) in [5.41, 5.74) is 3.84. The molecule has 0 amide bonds.